The third-order valence-electron chi connectivity index (χ3n) is 2.97. The maximum atomic E-state index is 11.8. The highest BCUT2D eigenvalue weighted by molar-refractivity contribution is 9.10. The lowest BCUT2D eigenvalue weighted by atomic mass is 10.1. The summed E-state index contributed by atoms with van der Waals surface area (Å²) in [6, 6.07) is 2.84. The van der Waals surface area contributed by atoms with Crippen molar-refractivity contribution >= 4 is 45.0 Å². The van der Waals surface area contributed by atoms with Crippen molar-refractivity contribution in [2.24, 2.45) is 11.7 Å². The number of amides is 2. The SMILES string of the molecule is Cc1cc(Br)c(NC(=O)CNC(=O)[C@@H](N)C(C)C)cc1Cl. The molecule has 21 heavy (non-hydrogen) atoms. The molecule has 0 saturated heterocycles. The van der Waals surface area contributed by atoms with Gasteiger partial charge in [0.05, 0.1) is 18.3 Å². The average molecular weight is 377 g/mol. The van der Waals surface area contributed by atoms with Gasteiger partial charge in [0.15, 0.2) is 0 Å². The Balaban J connectivity index is 2.59. The summed E-state index contributed by atoms with van der Waals surface area (Å²) < 4.78 is 0.725. The number of carbonyl (C=O) groups is 2. The zero-order valence-corrected chi connectivity index (χ0v) is 14.5. The Kier molecular flexibility index (Phi) is 6.64. The third-order valence-corrected chi connectivity index (χ3v) is 4.03. The van der Waals surface area contributed by atoms with Gasteiger partial charge < -0.3 is 16.4 Å². The van der Waals surface area contributed by atoms with Crippen LogP contribution in [-0.2, 0) is 9.59 Å². The van der Waals surface area contributed by atoms with E-state index in [-0.39, 0.29) is 24.3 Å². The van der Waals surface area contributed by atoms with Crippen LogP contribution in [0.2, 0.25) is 5.02 Å². The van der Waals surface area contributed by atoms with E-state index in [1.807, 2.05) is 26.8 Å². The number of halogens is 2. The minimum atomic E-state index is -0.627. The fraction of sp³-hybridized carbons (Fsp3) is 0.429. The molecule has 1 atom stereocenters. The maximum Gasteiger partial charge on any atom is 0.243 e. The number of hydrogen-bond acceptors (Lipinski definition) is 3. The van der Waals surface area contributed by atoms with Crippen LogP contribution in [0.1, 0.15) is 19.4 Å². The van der Waals surface area contributed by atoms with Crippen LogP contribution in [0.25, 0.3) is 0 Å². The van der Waals surface area contributed by atoms with Gasteiger partial charge in [-0.25, -0.2) is 0 Å². The van der Waals surface area contributed by atoms with Gasteiger partial charge in [0.2, 0.25) is 11.8 Å². The maximum absolute atomic E-state index is 11.8. The molecule has 0 heterocycles. The highest BCUT2D eigenvalue weighted by Crippen LogP contribution is 2.28. The van der Waals surface area contributed by atoms with Crippen LogP contribution in [0, 0.1) is 12.8 Å². The molecular weight excluding hydrogens is 358 g/mol. The van der Waals surface area contributed by atoms with E-state index < -0.39 is 6.04 Å². The summed E-state index contributed by atoms with van der Waals surface area (Å²) in [7, 11) is 0. The molecular formula is C14H19BrClN3O2. The van der Waals surface area contributed by atoms with E-state index >= 15 is 0 Å². The minimum absolute atomic E-state index is 0.0121. The number of aryl methyl sites for hydroxylation is 1. The molecule has 7 heteroatoms. The van der Waals surface area contributed by atoms with Crippen molar-refractivity contribution in [1.82, 2.24) is 5.32 Å². The zero-order chi connectivity index (χ0) is 16.2. The molecule has 1 aromatic rings. The Morgan fingerprint density at radius 2 is 2.00 bits per heavy atom. The Morgan fingerprint density at radius 1 is 1.38 bits per heavy atom. The molecule has 0 fully saturated rings. The van der Waals surface area contributed by atoms with Gasteiger partial charge in [-0.1, -0.05) is 25.4 Å². The summed E-state index contributed by atoms with van der Waals surface area (Å²) in [5.41, 5.74) is 7.15. The summed E-state index contributed by atoms with van der Waals surface area (Å²) in [5.74, 6) is -0.681. The quantitative estimate of drug-likeness (QED) is 0.738. The predicted molar refractivity (Wildman–Crippen MR) is 88.3 cm³/mol. The first-order chi connectivity index (χ1) is 9.72. The van der Waals surface area contributed by atoms with Crippen molar-refractivity contribution in [3.63, 3.8) is 0 Å². The van der Waals surface area contributed by atoms with E-state index in [0.717, 1.165) is 10.0 Å². The van der Waals surface area contributed by atoms with Crippen LogP contribution >= 0.6 is 27.5 Å². The molecule has 0 aliphatic carbocycles. The summed E-state index contributed by atoms with van der Waals surface area (Å²) >= 11 is 9.37. The molecule has 0 aromatic heterocycles. The summed E-state index contributed by atoms with van der Waals surface area (Å²) in [6.07, 6.45) is 0. The van der Waals surface area contributed by atoms with Crippen molar-refractivity contribution in [3.8, 4) is 0 Å². The molecule has 0 bridgehead atoms. The lowest BCUT2D eigenvalue weighted by Crippen LogP contribution is -2.46. The number of anilines is 1. The molecule has 0 aliphatic rings. The normalized spacial score (nSPS) is 12.1. The number of rotatable bonds is 5. The topological polar surface area (TPSA) is 84.2 Å². The van der Waals surface area contributed by atoms with Gasteiger partial charge in [-0.2, -0.15) is 0 Å². The van der Waals surface area contributed by atoms with Crippen molar-refractivity contribution in [2.75, 3.05) is 11.9 Å². The van der Waals surface area contributed by atoms with Gasteiger partial charge in [-0.3, -0.25) is 9.59 Å². The average Bonchev–Trinajstić information content (AvgIpc) is 2.41. The van der Waals surface area contributed by atoms with Gasteiger partial charge in [0, 0.05) is 9.50 Å². The monoisotopic (exact) mass is 375 g/mol. The van der Waals surface area contributed by atoms with Crippen LogP contribution in [0.3, 0.4) is 0 Å². The lowest BCUT2D eigenvalue weighted by molar-refractivity contribution is -0.125. The largest absolute Gasteiger partial charge is 0.346 e. The predicted octanol–water partition coefficient (Wildman–Crippen LogP) is 2.45. The van der Waals surface area contributed by atoms with E-state index in [4.69, 9.17) is 17.3 Å². The molecule has 0 saturated carbocycles. The van der Waals surface area contributed by atoms with Gasteiger partial charge in [-0.15, -0.1) is 0 Å². The number of nitrogens with two attached hydrogens (primary N) is 1. The molecule has 1 aromatic carbocycles. The van der Waals surface area contributed by atoms with Crippen molar-refractivity contribution in [1.29, 1.82) is 0 Å². The summed E-state index contributed by atoms with van der Waals surface area (Å²) in [4.78, 5) is 23.5. The smallest absolute Gasteiger partial charge is 0.243 e. The van der Waals surface area contributed by atoms with Gasteiger partial charge in [-0.05, 0) is 46.5 Å². The molecule has 0 spiro atoms. The van der Waals surface area contributed by atoms with Gasteiger partial charge >= 0.3 is 0 Å². The number of nitrogens with one attached hydrogen (secondary N) is 2. The van der Waals surface area contributed by atoms with Gasteiger partial charge in [0.25, 0.3) is 0 Å². The molecule has 2 amide bonds. The second kappa shape index (κ2) is 7.77. The lowest BCUT2D eigenvalue weighted by Gasteiger charge is -2.15. The van der Waals surface area contributed by atoms with Crippen LogP contribution in [0.5, 0.6) is 0 Å². The van der Waals surface area contributed by atoms with E-state index in [1.165, 1.54) is 0 Å². The highest BCUT2D eigenvalue weighted by Gasteiger charge is 2.17. The van der Waals surface area contributed by atoms with E-state index in [1.54, 1.807) is 6.07 Å². The first kappa shape index (κ1) is 17.9. The molecule has 5 nitrogen and oxygen atoms in total. The Morgan fingerprint density at radius 3 is 2.57 bits per heavy atom. The first-order valence-corrected chi connectivity index (χ1v) is 7.68. The third kappa shape index (κ3) is 5.30. The molecule has 1 rings (SSSR count). The molecule has 0 unspecified atom stereocenters. The van der Waals surface area contributed by atoms with Crippen molar-refractivity contribution in [3.05, 3.63) is 27.2 Å². The molecule has 0 radical (unpaired) electrons. The molecule has 0 aliphatic heterocycles. The number of benzene rings is 1. The molecule has 116 valence electrons. The van der Waals surface area contributed by atoms with E-state index in [9.17, 15) is 9.59 Å². The van der Waals surface area contributed by atoms with E-state index in [0.29, 0.717) is 10.7 Å². The minimum Gasteiger partial charge on any atom is -0.346 e. The zero-order valence-electron chi connectivity index (χ0n) is 12.2. The summed E-state index contributed by atoms with van der Waals surface area (Å²) in [6.45, 7) is 5.41. The number of hydrogen-bond donors (Lipinski definition) is 3. The Labute approximate surface area is 137 Å². The van der Waals surface area contributed by atoms with Crippen LogP contribution < -0.4 is 16.4 Å². The number of carbonyl (C=O) groups excluding carboxylic acids is 2. The van der Waals surface area contributed by atoms with E-state index in [2.05, 4.69) is 26.6 Å². The fourth-order valence-electron chi connectivity index (χ4n) is 1.52. The van der Waals surface area contributed by atoms with Crippen molar-refractivity contribution in [2.45, 2.75) is 26.8 Å². The van der Waals surface area contributed by atoms with Crippen molar-refractivity contribution < 1.29 is 9.59 Å². The Bertz CT molecular complexity index is 549. The van der Waals surface area contributed by atoms with Crippen LogP contribution in [-0.4, -0.2) is 24.4 Å². The van der Waals surface area contributed by atoms with Crippen LogP contribution in [0.4, 0.5) is 5.69 Å². The van der Waals surface area contributed by atoms with Crippen LogP contribution in [0.15, 0.2) is 16.6 Å². The van der Waals surface area contributed by atoms with Gasteiger partial charge in [0.1, 0.15) is 0 Å². The fourth-order valence-corrected chi connectivity index (χ4v) is 2.25. The standard InChI is InChI=1S/C14H19BrClN3O2/c1-7(2)13(17)14(21)18-6-12(20)19-11-5-10(16)8(3)4-9(11)15/h4-5,7,13H,6,17H2,1-3H3,(H,18,21)(H,19,20)/t13-/m0/s1. The second-order valence-electron chi connectivity index (χ2n) is 5.12. The second-order valence-corrected chi connectivity index (χ2v) is 6.38. The Hall–Kier alpha value is -1.11. The molecule has 4 N–H and O–H groups in total. The highest BCUT2D eigenvalue weighted by atomic mass is 79.9. The summed E-state index contributed by atoms with van der Waals surface area (Å²) in [5, 5.41) is 5.74. The first-order valence-electron chi connectivity index (χ1n) is 6.51.